The summed E-state index contributed by atoms with van der Waals surface area (Å²) in [7, 11) is 0. The fourth-order valence-electron chi connectivity index (χ4n) is 1.97. The number of hydrogen-bond donors (Lipinski definition) is 1. The highest BCUT2D eigenvalue weighted by Crippen LogP contribution is 2.33. The summed E-state index contributed by atoms with van der Waals surface area (Å²) in [6, 6.07) is 9.91. The number of nitrogen functional groups attached to an aromatic ring is 1. The van der Waals surface area contributed by atoms with Crippen LogP contribution in [-0.2, 0) is 0 Å². The van der Waals surface area contributed by atoms with Gasteiger partial charge < -0.3 is 10.3 Å². The van der Waals surface area contributed by atoms with E-state index in [1.54, 1.807) is 0 Å². The van der Waals surface area contributed by atoms with Crippen LogP contribution in [0.1, 0.15) is 10.4 Å². The number of anilines is 1. The summed E-state index contributed by atoms with van der Waals surface area (Å²) in [6.07, 6.45) is 0. The maximum Gasteiger partial charge on any atom is 0.261 e. The molecule has 0 spiro atoms. The molecule has 0 saturated carbocycles. The van der Waals surface area contributed by atoms with E-state index in [-0.39, 0.29) is 0 Å². The molecule has 0 unspecified atom stereocenters. The zero-order valence-electron chi connectivity index (χ0n) is 10.7. The van der Waals surface area contributed by atoms with Gasteiger partial charge in [-0.05, 0) is 25.5 Å². The summed E-state index contributed by atoms with van der Waals surface area (Å²) in [5.74, 6) is 1.07. The lowest BCUT2D eigenvalue weighted by Crippen LogP contribution is -1.86. The second kappa shape index (κ2) is 4.51. The van der Waals surface area contributed by atoms with Crippen LogP contribution in [0.25, 0.3) is 22.8 Å². The number of aryl methyl sites for hydroxylation is 2. The number of hydrogen-bond acceptors (Lipinski definition) is 5. The molecule has 5 heteroatoms. The predicted octanol–water partition coefficient (Wildman–Crippen LogP) is 3.66. The van der Waals surface area contributed by atoms with Gasteiger partial charge in [0.25, 0.3) is 5.89 Å². The molecule has 0 bridgehead atoms. The van der Waals surface area contributed by atoms with E-state index in [0.29, 0.717) is 16.7 Å². The molecule has 0 aliphatic carbocycles. The van der Waals surface area contributed by atoms with Crippen molar-refractivity contribution in [3.05, 3.63) is 40.8 Å². The zero-order valence-corrected chi connectivity index (χ0v) is 11.5. The van der Waals surface area contributed by atoms with E-state index in [9.17, 15) is 0 Å². The third-order valence-corrected chi connectivity index (χ3v) is 3.81. The summed E-state index contributed by atoms with van der Waals surface area (Å²) >= 11 is 1.52. The monoisotopic (exact) mass is 271 g/mol. The van der Waals surface area contributed by atoms with Crippen molar-refractivity contribution in [2.45, 2.75) is 13.8 Å². The Kier molecular flexibility index (Phi) is 2.83. The Hall–Kier alpha value is -2.14. The van der Waals surface area contributed by atoms with E-state index < -0.39 is 0 Å². The van der Waals surface area contributed by atoms with Crippen molar-refractivity contribution in [2.75, 3.05) is 5.73 Å². The molecular formula is C14H13N3OS. The van der Waals surface area contributed by atoms with E-state index >= 15 is 0 Å². The van der Waals surface area contributed by atoms with Gasteiger partial charge in [-0.1, -0.05) is 29.4 Å². The smallest absolute Gasteiger partial charge is 0.261 e. The lowest BCUT2D eigenvalue weighted by molar-refractivity contribution is 0.432. The van der Waals surface area contributed by atoms with Crippen molar-refractivity contribution in [3.63, 3.8) is 0 Å². The van der Waals surface area contributed by atoms with Gasteiger partial charge in [-0.2, -0.15) is 4.98 Å². The van der Waals surface area contributed by atoms with Crippen LogP contribution >= 0.6 is 11.3 Å². The second-order valence-electron chi connectivity index (χ2n) is 4.37. The van der Waals surface area contributed by atoms with Crippen LogP contribution in [0.15, 0.2) is 34.9 Å². The number of rotatable bonds is 2. The fraction of sp³-hybridized carbons (Fsp3) is 0.143. The minimum atomic E-state index is 0.472. The van der Waals surface area contributed by atoms with Crippen molar-refractivity contribution in [1.29, 1.82) is 0 Å². The molecule has 96 valence electrons. The molecular weight excluding hydrogens is 258 g/mol. The molecule has 3 rings (SSSR count). The van der Waals surface area contributed by atoms with Crippen LogP contribution in [0.4, 0.5) is 5.00 Å². The van der Waals surface area contributed by atoms with Crippen molar-refractivity contribution >= 4 is 16.3 Å². The molecule has 0 aliphatic heterocycles. The van der Waals surface area contributed by atoms with Crippen LogP contribution in [0.5, 0.6) is 0 Å². The van der Waals surface area contributed by atoms with Crippen molar-refractivity contribution in [2.24, 2.45) is 0 Å². The number of nitrogens with two attached hydrogens (primary N) is 1. The maximum absolute atomic E-state index is 5.94. The first-order chi connectivity index (χ1) is 9.15. The second-order valence-corrected chi connectivity index (χ2v) is 5.66. The molecule has 0 fully saturated rings. The van der Waals surface area contributed by atoms with Gasteiger partial charge in [0, 0.05) is 10.4 Å². The maximum atomic E-state index is 5.94. The van der Waals surface area contributed by atoms with Gasteiger partial charge in [-0.15, -0.1) is 11.3 Å². The molecule has 0 saturated heterocycles. The van der Waals surface area contributed by atoms with Gasteiger partial charge in [0.05, 0.1) is 10.6 Å². The Morgan fingerprint density at radius 2 is 1.95 bits per heavy atom. The minimum Gasteiger partial charge on any atom is -0.390 e. The van der Waals surface area contributed by atoms with Gasteiger partial charge in [0.2, 0.25) is 5.82 Å². The summed E-state index contributed by atoms with van der Waals surface area (Å²) in [4.78, 5) is 5.56. The largest absolute Gasteiger partial charge is 0.390 e. The molecule has 0 amide bonds. The van der Waals surface area contributed by atoms with Gasteiger partial charge in [0.15, 0.2) is 0 Å². The molecule has 19 heavy (non-hydrogen) atoms. The molecule has 2 heterocycles. The van der Waals surface area contributed by atoms with Gasteiger partial charge >= 0.3 is 0 Å². The van der Waals surface area contributed by atoms with Crippen LogP contribution in [0, 0.1) is 13.8 Å². The normalized spacial score (nSPS) is 10.8. The van der Waals surface area contributed by atoms with Crippen LogP contribution < -0.4 is 5.73 Å². The quantitative estimate of drug-likeness (QED) is 0.772. The Bertz CT molecular complexity index is 730. The summed E-state index contributed by atoms with van der Waals surface area (Å²) < 4.78 is 5.32. The Labute approximate surface area is 114 Å². The number of benzene rings is 1. The van der Waals surface area contributed by atoms with E-state index in [1.807, 2.05) is 44.2 Å². The first-order valence-corrected chi connectivity index (χ1v) is 6.73. The molecule has 0 radical (unpaired) electrons. The lowest BCUT2D eigenvalue weighted by atomic mass is 10.1. The van der Waals surface area contributed by atoms with E-state index in [2.05, 4.69) is 10.1 Å². The van der Waals surface area contributed by atoms with Crippen molar-refractivity contribution in [3.8, 4) is 22.8 Å². The molecule has 0 atom stereocenters. The van der Waals surface area contributed by atoms with Crippen molar-refractivity contribution < 1.29 is 4.52 Å². The number of nitrogens with zero attached hydrogens (tertiary/aromatic N) is 2. The van der Waals surface area contributed by atoms with Gasteiger partial charge in [0.1, 0.15) is 0 Å². The SMILES string of the molecule is Cc1cc(-c2nc(-c3ccccc3C)no2)c(N)s1. The average Bonchev–Trinajstić information content (AvgIpc) is 2.96. The Morgan fingerprint density at radius 1 is 1.16 bits per heavy atom. The van der Waals surface area contributed by atoms with Crippen LogP contribution in [0.2, 0.25) is 0 Å². The van der Waals surface area contributed by atoms with Gasteiger partial charge in [-0.3, -0.25) is 0 Å². The highest BCUT2D eigenvalue weighted by molar-refractivity contribution is 7.16. The fourth-order valence-corrected chi connectivity index (χ4v) is 2.75. The molecule has 3 aromatic rings. The average molecular weight is 271 g/mol. The lowest BCUT2D eigenvalue weighted by Gasteiger charge is -1.97. The minimum absolute atomic E-state index is 0.472. The number of aromatic nitrogens is 2. The first-order valence-electron chi connectivity index (χ1n) is 5.91. The van der Waals surface area contributed by atoms with Crippen LogP contribution in [-0.4, -0.2) is 10.1 Å². The van der Waals surface area contributed by atoms with Gasteiger partial charge in [-0.25, -0.2) is 0 Å². The molecule has 0 aliphatic rings. The number of thiophene rings is 1. The summed E-state index contributed by atoms with van der Waals surface area (Å²) in [6.45, 7) is 4.03. The van der Waals surface area contributed by atoms with Crippen molar-refractivity contribution in [1.82, 2.24) is 10.1 Å². The first kappa shape index (κ1) is 11.9. The Morgan fingerprint density at radius 3 is 2.63 bits per heavy atom. The third kappa shape index (κ3) is 2.13. The van der Waals surface area contributed by atoms with E-state index in [0.717, 1.165) is 21.6 Å². The molecule has 4 nitrogen and oxygen atoms in total. The highest BCUT2D eigenvalue weighted by atomic mass is 32.1. The molecule has 2 aromatic heterocycles. The Balaban J connectivity index is 2.05. The third-order valence-electron chi connectivity index (χ3n) is 2.93. The predicted molar refractivity (Wildman–Crippen MR) is 76.9 cm³/mol. The van der Waals surface area contributed by atoms with Crippen LogP contribution in [0.3, 0.4) is 0 Å². The molecule has 2 N–H and O–H groups in total. The zero-order chi connectivity index (χ0) is 13.4. The highest BCUT2D eigenvalue weighted by Gasteiger charge is 2.15. The topological polar surface area (TPSA) is 64.9 Å². The van der Waals surface area contributed by atoms with E-state index in [4.69, 9.17) is 10.3 Å². The summed E-state index contributed by atoms with van der Waals surface area (Å²) in [5.41, 5.74) is 8.85. The standard InChI is InChI=1S/C14H13N3OS/c1-8-5-3-4-6-10(8)13-16-14(18-17-13)11-7-9(2)19-12(11)15/h3-7H,15H2,1-2H3. The molecule has 1 aromatic carbocycles. The summed E-state index contributed by atoms with van der Waals surface area (Å²) in [5, 5.41) is 4.74. The van der Waals surface area contributed by atoms with E-state index in [1.165, 1.54) is 11.3 Å².